The molecule has 0 amide bonds. The number of hydrogen-bond acceptors (Lipinski definition) is 4. The average molecular weight is 170 g/mol. The van der Waals surface area contributed by atoms with Gasteiger partial charge in [-0.1, -0.05) is 0 Å². The summed E-state index contributed by atoms with van der Waals surface area (Å²) in [6.07, 6.45) is -0.776. The maximum absolute atomic E-state index is 11.4. The Hall–Kier alpha value is -0.450. The smallest absolute Gasteiger partial charge is 0.195 e. The SMILES string of the molecule is CC1(C)O[C@@H]2[C@H]3O[C@H]3C(=O)[C@@H]2O1. The van der Waals surface area contributed by atoms with E-state index in [0.717, 1.165) is 0 Å². The van der Waals surface area contributed by atoms with Crippen LogP contribution in [0.1, 0.15) is 13.8 Å². The molecule has 66 valence electrons. The number of carbonyl (C=O) groups is 1. The van der Waals surface area contributed by atoms with Crippen LogP contribution in [-0.4, -0.2) is 36.0 Å². The van der Waals surface area contributed by atoms with Gasteiger partial charge in [-0.3, -0.25) is 4.79 Å². The molecule has 0 N–H and O–H groups in total. The summed E-state index contributed by atoms with van der Waals surface area (Å²) in [4.78, 5) is 11.4. The van der Waals surface area contributed by atoms with Gasteiger partial charge < -0.3 is 14.2 Å². The Morgan fingerprint density at radius 1 is 1.17 bits per heavy atom. The first kappa shape index (κ1) is 7.00. The summed E-state index contributed by atoms with van der Waals surface area (Å²) in [5.41, 5.74) is 0. The highest BCUT2D eigenvalue weighted by Crippen LogP contribution is 2.46. The van der Waals surface area contributed by atoms with Crippen molar-refractivity contribution in [2.75, 3.05) is 0 Å². The molecule has 1 aliphatic carbocycles. The summed E-state index contributed by atoms with van der Waals surface area (Å²) >= 11 is 0. The fourth-order valence-corrected chi connectivity index (χ4v) is 2.01. The molecule has 0 aromatic carbocycles. The van der Waals surface area contributed by atoms with Crippen molar-refractivity contribution in [2.45, 2.75) is 44.1 Å². The van der Waals surface area contributed by atoms with Crippen molar-refractivity contribution < 1.29 is 19.0 Å². The molecule has 0 aromatic rings. The summed E-state index contributed by atoms with van der Waals surface area (Å²) in [5.74, 6) is -0.572. The summed E-state index contributed by atoms with van der Waals surface area (Å²) in [6, 6.07) is 0. The number of ketones is 1. The van der Waals surface area contributed by atoms with Crippen molar-refractivity contribution in [3.05, 3.63) is 0 Å². The van der Waals surface area contributed by atoms with E-state index in [9.17, 15) is 4.79 Å². The van der Waals surface area contributed by atoms with Crippen LogP contribution >= 0.6 is 0 Å². The molecule has 4 heteroatoms. The van der Waals surface area contributed by atoms with E-state index < -0.39 is 5.79 Å². The minimum Gasteiger partial charge on any atom is -0.358 e. The molecule has 3 aliphatic rings. The van der Waals surface area contributed by atoms with Gasteiger partial charge in [0.25, 0.3) is 0 Å². The van der Waals surface area contributed by atoms with Gasteiger partial charge in [0.1, 0.15) is 18.3 Å². The number of fused-ring (bicyclic) bond motifs is 3. The zero-order chi connectivity index (χ0) is 8.51. The molecule has 0 bridgehead atoms. The largest absolute Gasteiger partial charge is 0.358 e. The maximum Gasteiger partial charge on any atom is 0.195 e. The predicted octanol–water partition coefficient (Wildman–Crippen LogP) is -0.143. The number of carbonyl (C=O) groups excluding carboxylic acids is 1. The fraction of sp³-hybridized carbons (Fsp3) is 0.875. The van der Waals surface area contributed by atoms with Crippen LogP contribution in [0.15, 0.2) is 0 Å². The van der Waals surface area contributed by atoms with Gasteiger partial charge in [0, 0.05) is 0 Å². The van der Waals surface area contributed by atoms with Crippen LogP contribution in [0.5, 0.6) is 0 Å². The second-order valence-corrected chi connectivity index (χ2v) is 3.94. The minimum atomic E-state index is -0.623. The van der Waals surface area contributed by atoms with E-state index in [1.54, 1.807) is 0 Å². The quantitative estimate of drug-likeness (QED) is 0.474. The summed E-state index contributed by atoms with van der Waals surface area (Å²) < 4.78 is 16.1. The molecule has 12 heavy (non-hydrogen) atoms. The third-order valence-electron chi connectivity index (χ3n) is 2.54. The molecule has 0 radical (unpaired) electrons. The molecule has 2 saturated heterocycles. The van der Waals surface area contributed by atoms with Gasteiger partial charge in [-0.05, 0) is 13.8 Å². The van der Waals surface area contributed by atoms with Crippen LogP contribution in [-0.2, 0) is 19.0 Å². The van der Waals surface area contributed by atoms with Crippen LogP contribution in [0.2, 0.25) is 0 Å². The topological polar surface area (TPSA) is 48.1 Å². The third kappa shape index (κ3) is 0.701. The number of hydrogen-bond donors (Lipinski definition) is 0. The van der Waals surface area contributed by atoms with Crippen molar-refractivity contribution in [1.82, 2.24) is 0 Å². The van der Waals surface area contributed by atoms with Crippen molar-refractivity contribution >= 4 is 5.78 Å². The zero-order valence-corrected chi connectivity index (χ0v) is 6.94. The lowest BCUT2D eigenvalue weighted by Crippen LogP contribution is -2.29. The van der Waals surface area contributed by atoms with Gasteiger partial charge in [-0.15, -0.1) is 0 Å². The summed E-state index contributed by atoms with van der Waals surface area (Å²) in [6.45, 7) is 3.63. The Kier molecular flexibility index (Phi) is 1.01. The van der Waals surface area contributed by atoms with Crippen LogP contribution in [0.25, 0.3) is 0 Å². The number of Topliss-reactive ketones (excluding diaryl/α,β-unsaturated/α-hetero) is 1. The van der Waals surface area contributed by atoms with Crippen molar-refractivity contribution in [2.24, 2.45) is 0 Å². The molecule has 3 rings (SSSR count). The standard InChI is InChI=1S/C8H10O4/c1-8(2)11-5-3(9)4-6(10-4)7(5)12-8/h4-7H,1-2H3/t4-,5-,6-,7-/m0/s1. The van der Waals surface area contributed by atoms with Crippen molar-refractivity contribution in [3.63, 3.8) is 0 Å². The van der Waals surface area contributed by atoms with Gasteiger partial charge in [0.15, 0.2) is 17.7 Å². The maximum atomic E-state index is 11.4. The van der Waals surface area contributed by atoms with Gasteiger partial charge >= 0.3 is 0 Å². The Morgan fingerprint density at radius 2 is 1.92 bits per heavy atom. The van der Waals surface area contributed by atoms with Crippen LogP contribution < -0.4 is 0 Å². The van der Waals surface area contributed by atoms with Crippen molar-refractivity contribution in [3.8, 4) is 0 Å². The Morgan fingerprint density at radius 3 is 2.58 bits per heavy atom. The molecular formula is C8H10O4. The van der Waals surface area contributed by atoms with E-state index in [-0.39, 0.29) is 30.2 Å². The van der Waals surface area contributed by atoms with Gasteiger partial charge in [-0.2, -0.15) is 0 Å². The number of rotatable bonds is 0. The first-order chi connectivity index (χ1) is 5.58. The van der Waals surface area contributed by atoms with E-state index in [0.29, 0.717) is 0 Å². The normalized spacial score (nSPS) is 53.7. The minimum absolute atomic E-state index is 0.0238. The lowest BCUT2D eigenvalue weighted by atomic mass is 10.2. The monoisotopic (exact) mass is 170 g/mol. The Bertz CT molecular complexity index is 260. The van der Waals surface area contributed by atoms with E-state index in [1.165, 1.54) is 0 Å². The van der Waals surface area contributed by atoms with Crippen LogP contribution in [0, 0.1) is 0 Å². The first-order valence-corrected chi connectivity index (χ1v) is 4.13. The highest BCUT2D eigenvalue weighted by molar-refractivity contribution is 5.94. The molecule has 3 fully saturated rings. The molecule has 4 atom stereocenters. The summed E-state index contributed by atoms with van der Waals surface area (Å²) in [5, 5.41) is 0. The molecule has 0 unspecified atom stereocenters. The van der Waals surface area contributed by atoms with Crippen LogP contribution in [0.4, 0.5) is 0 Å². The molecule has 0 spiro atoms. The third-order valence-corrected chi connectivity index (χ3v) is 2.54. The Balaban J connectivity index is 1.91. The van der Waals surface area contributed by atoms with Gasteiger partial charge in [0.05, 0.1) is 0 Å². The van der Waals surface area contributed by atoms with E-state index in [1.807, 2.05) is 13.8 Å². The van der Waals surface area contributed by atoms with Crippen LogP contribution in [0.3, 0.4) is 0 Å². The zero-order valence-electron chi connectivity index (χ0n) is 6.94. The fourth-order valence-electron chi connectivity index (χ4n) is 2.01. The number of ether oxygens (including phenoxy) is 3. The lowest BCUT2D eigenvalue weighted by molar-refractivity contribution is -0.157. The predicted molar refractivity (Wildman–Crippen MR) is 37.5 cm³/mol. The first-order valence-electron chi connectivity index (χ1n) is 4.13. The summed E-state index contributed by atoms with van der Waals surface area (Å²) in [7, 11) is 0. The molecule has 0 aromatic heterocycles. The second kappa shape index (κ2) is 1.73. The van der Waals surface area contributed by atoms with Crippen molar-refractivity contribution in [1.29, 1.82) is 0 Å². The lowest BCUT2D eigenvalue weighted by Gasteiger charge is -2.16. The average Bonchev–Trinajstić information content (AvgIpc) is 2.62. The highest BCUT2D eigenvalue weighted by Gasteiger charge is 2.68. The molecule has 1 saturated carbocycles. The molecule has 4 nitrogen and oxygen atoms in total. The van der Waals surface area contributed by atoms with E-state index in [4.69, 9.17) is 14.2 Å². The van der Waals surface area contributed by atoms with E-state index >= 15 is 0 Å². The van der Waals surface area contributed by atoms with E-state index in [2.05, 4.69) is 0 Å². The second-order valence-electron chi connectivity index (χ2n) is 3.94. The Labute approximate surface area is 69.8 Å². The highest BCUT2D eigenvalue weighted by atomic mass is 16.8. The number of epoxide rings is 1. The van der Waals surface area contributed by atoms with Gasteiger partial charge in [0.2, 0.25) is 0 Å². The molecule has 2 heterocycles. The molecule has 2 aliphatic heterocycles. The van der Waals surface area contributed by atoms with Gasteiger partial charge in [-0.25, -0.2) is 0 Å². The molecular weight excluding hydrogens is 160 g/mol.